The van der Waals surface area contributed by atoms with Crippen molar-refractivity contribution in [3.05, 3.63) is 22.9 Å². The van der Waals surface area contributed by atoms with Crippen molar-refractivity contribution in [2.45, 2.75) is 26.3 Å². The summed E-state index contributed by atoms with van der Waals surface area (Å²) in [5.41, 5.74) is 0.974. The molecule has 74 valence electrons. The molecule has 4 heteroatoms. The summed E-state index contributed by atoms with van der Waals surface area (Å²) in [7, 11) is 0. The number of pyridine rings is 1. The first-order valence-corrected chi connectivity index (χ1v) is 5.57. The van der Waals surface area contributed by atoms with Gasteiger partial charge in [0.2, 0.25) is 0 Å². The Labute approximate surface area is 91.3 Å². The maximum absolute atomic E-state index is 4.35. The molecule has 0 aromatic carbocycles. The number of aromatic nitrogens is 3. The lowest BCUT2D eigenvalue weighted by atomic mass is 10.3. The minimum absolute atomic E-state index is 0.953. The van der Waals surface area contributed by atoms with Gasteiger partial charge in [0.25, 0.3) is 0 Å². The summed E-state index contributed by atoms with van der Waals surface area (Å²) in [5, 5.41) is 5.40. The first-order chi connectivity index (χ1) is 6.81. The Balaban J connectivity index is 2.37. The van der Waals surface area contributed by atoms with Gasteiger partial charge in [0, 0.05) is 22.6 Å². The molecule has 3 nitrogen and oxygen atoms in total. The van der Waals surface area contributed by atoms with E-state index in [1.54, 1.807) is 0 Å². The van der Waals surface area contributed by atoms with E-state index in [1.807, 2.05) is 23.1 Å². The number of hydrogen-bond donors (Lipinski definition) is 0. The molecule has 0 spiro atoms. The zero-order valence-electron chi connectivity index (χ0n) is 8.07. The van der Waals surface area contributed by atoms with Gasteiger partial charge in [0.1, 0.15) is 0 Å². The number of aryl methyl sites for hydroxylation is 1. The molecule has 0 aliphatic rings. The quantitative estimate of drug-likeness (QED) is 0.842. The van der Waals surface area contributed by atoms with Gasteiger partial charge in [-0.3, -0.25) is 0 Å². The van der Waals surface area contributed by atoms with Crippen molar-refractivity contribution >= 4 is 27.0 Å². The molecule has 2 rings (SSSR count). The molecule has 2 heterocycles. The van der Waals surface area contributed by atoms with Crippen molar-refractivity contribution in [2.75, 3.05) is 0 Å². The predicted octanol–water partition coefficient (Wildman–Crippen LogP) is 2.99. The van der Waals surface area contributed by atoms with Crippen LogP contribution in [0.25, 0.3) is 11.0 Å². The molecule has 0 radical (unpaired) electrons. The molecule has 0 fully saturated rings. The molecular formula is C10H12BrN3. The van der Waals surface area contributed by atoms with E-state index in [0.29, 0.717) is 0 Å². The first-order valence-electron chi connectivity index (χ1n) is 4.78. The van der Waals surface area contributed by atoms with Crippen LogP contribution < -0.4 is 0 Å². The van der Waals surface area contributed by atoms with E-state index < -0.39 is 0 Å². The summed E-state index contributed by atoms with van der Waals surface area (Å²) in [5.74, 6) is 0. The second-order valence-electron chi connectivity index (χ2n) is 3.29. The molecule has 0 saturated carbocycles. The SMILES string of the molecule is CCCCn1ncc2cc(Br)cnc21. The minimum atomic E-state index is 0.953. The highest BCUT2D eigenvalue weighted by Gasteiger charge is 2.03. The number of fused-ring (bicyclic) bond motifs is 1. The standard InChI is InChI=1S/C10H12BrN3/c1-2-3-4-14-10-8(6-13-14)5-9(11)7-12-10/h5-7H,2-4H2,1H3. The van der Waals surface area contributed by atoms with Gasteiger partial charge in [-0.05, 0) is 28.4 Å². The Hall–Kier alpha value is -0.900. The first kappa shape index (κ1) is 9.65. The van der Waals surface area contributed by atoms with Crippen LogP contribution in [0.15, 0.2) is 22.9 Å². The van der Waals surface area contributed by atoms with Crippen LogP contribution in [0, 0.1) is 0 Å². The monoisotopic (exact) mass is 253 g/mol. The molecule has 14 heavy (non-hydrogen) atoms. The topological polar surface area (TPSA) is 30.7 Å². The van der Waals surface area contributed by atoms with Gasteiger partial charge in [0.05, 0.1) is 6.20 Å². The average molecular weight is 254 g/mol. The largest absolute Gasteiger partial charge is 0.247 e. The second-order valence-corrected chi connectivity index (χ2v) is 4.20. The molecule has 0 bridgehead atoms. The van der Waals surface area contributed by atoms with Crippen molar-refractivity contribution in [2.24, 2.45) is 0 Å². The van der Waals surface area contributed by atoms with Crippen molar-refractivity contribution in [3.63, 3.8) is 0 Å². The maximum atomic E-state index is 4.35. The van der Waals surface area contributed by atoms with Crippen molar-refractivity contribution in [3.8, 4) is 0 Å². The maximum Gasteiger partial charge on any atom is 0.157 e. The smallest absolute Gasteiger partial charge is 0.157 e. The van der Waals surface area contributed by atoms with E-state index in [4.69, 9.17) is 0 Å². The van der Waals surface area contributed by atoms with E-state index in [-0.39, 0.29) is 0 Å². The molecule has 0 unspecified atom stereocenters. The third kappa shape index (κ3) is 1.80. The van der Waals surface area contributed by atoms with E-state index in [2.05, 4.69) is 32.9 Å². The summed E-state index contributed by atoms with van der Waals surface area (Å²) < 4.78 is 2.96. The Morgan fingerprint density at radius 1 is 1.43 bits per heavy atom. The van der Waals surface area contributed by atoms with E-state index in [9.17, 15) is 0 Å². The molecule has 0 N–H and O–H groups in total. The highest BCUT2D eigenvalue weighted by molar-refractivity contribution is 9.10. The lowest BCUT2D eigenvalue weighted by Gasteiger charge is -2.00. The van der Waals surface area contributed by atoms with Gasteiger partial charge >= 0.3 is 0 Å². The lowest BCUT2D eigenvalue weighted by molar-refractivity contribution is 0.584. The van der Waals surface area contributed by atoms with Crippen LogP contribution in [-0.4, -0.2) is 14.8 Å². The molecular weight excluding hydrogens is 242 g/mol. The average Bonchev–Trinajstić information content (AvgIpc) is 2.57. The fourth-order valence-electron chi connectivity index (χ4n) is 1.42. The van der Waals surface area contributed by atoms with Gasteiger partial charge < -0.3 is 0 Å². The third-order valence-corrected chi connectivity index (χ3v) is 2.60. The van der Waals surface area contributed by atoms with Crippen molar-refractivity contribution in [1.82, 2.24) is 14.8 Å². The van der Waals surface area contributed by atoms with Crippen LogP contribution in [0.2, 0.25) is 0 Å². The van der Waals surface area contributed by atoms with E-state index in [0.717, 1.165) is 28.5 Å². The van der Waals surface area contributed by atoms with Gasteiger partial charge in [-0.2, -0.15) is 5.10 Å². The zero-order valence-corrected chi connectivity index (χ0v) is 9.66. The second kappa shape index (κ2) is 4.09. The highest BCUT2D eigenvalue weighted by atomic mass is 79.9. The Bertz CT molecular complexity index is 436. The van der Waals surface area contributed by atoms with Gasteiger partial charge in [-0.1, -0.05) is 13.3 Å². The van der Waals surface area contributed by atoms with Crippen LogP contribution in [-0.2, 0) is 6.54 Å². The summed E-state index contributed by atoms with van der Waals surface area (Å²) in [4.78, 5) is 4.35. The van der Waals surface area contributed by atoms with Crippen LogP contribution in [0.3, 0.4) is 0 Å². The molecule has 0 saturated heterocycles. The number of rotatable bonds is 3. The summed E-state index contributed by atoms with van der Waals surface area (Å²) in [6, 6.07) is 2.04. The lowest BCUT2D eigenvalue weighted by Crippen LogP contribution is -2.00. The number of halogens is 1. The third-order valence-electron chi connectivity index (χ3n) is 2.17. The number of unbranched alkanes of at least 4 members (excludes halogenated alkanes) is 1. The predicted molar refractivity (Wildman–Crippen MR) is 60.1 cm³/mol. The summed E-state index contributed by atoms with van der Waals surface area (Å²) >= 11 is 3.39. The Kier molecular flexibility index (Phi) is 2.82. The number of hydrogen-bond acceptors (Lipinski definition) is 2. The van der Waals surface area contributed by atoms with E-state index in [1.165, 1.54) is 6.42 Å². The highest BCUT2D eigenvalue weighted by Crippen LogP contribution is 2.16. The van der Waals surface area contributed by atoms with Crippen LogP contribution >= 0.6 is 15.9 Å². The minimum Gasteiger partial charge on any atom is -0.247 e. The fraction of sp³-hybridized carbons (Fsp3) is 0.400. The summed E-state index contributed by atoms with van der Waals surface area (Å²) in [6.45, 7) is 3.13. The van der Waals surface area contributed by atoms with Crippen LogP contribution in [0.4, 0.5) is 0 Å². The molecule has 0 aliphatic carbocycles. The normalized spacial score (nSPS) is 11.0. The van der Waals surface area contributed by atoms with Gasteiger partial charge in [-0.25, -0.2) is 9.67 Å². The van der Waals surface area contributed by atoms with Crippen molar-refractivity contribution in [1.29, 1.82) is 0 Å². The molecule has 2 aromatic rings. The fourth-order valence-corrected chi connectivity index (χ4v) is 1.77. The summed E-state index contributed by atoms with van der Waals surface area (Å²) in [6.07, 6.45) is 6.00. The Morgan fingerprint density at radius 3 is 3.07 bits per heavy atom. The van der Waals surface area contributed by atoms with E-state index >= 15 is 0 Å². The van der Waals surface area contributed by atoms with Gasteiger partial charge in [0.15, 0.2) is 5.65 Å². The Morgan fingerprint density at radius 2 is 2.29 bits per heavy atom. The molecule has 2 aromatic heterocycles. The van der Waals surface area contributed by atoms with Crippen LogP contribution in [0.1, 0.15) is 19.8 Å². The molecule has 0 aliphatic heterocycles. The van der Waals surface area contributed by atoms with Crippen molar-refractivity contribution < 1.29 is 0 Å². The molecule has 0 amide bonds. The zero-order chi connectivity index (χ0) is 9.97. The van der Waals surface area contributed by atoms with Gasteiger partial charge in [-0.15, -0.1) is 0 Å². The number of nitrogens with zero attached hydrogens (tertiary/aromatic N) is 3. The van der Waals surface area contributed by atoms with Crippen LogP contribution in [0.5, 0.6) is 0 Å². The molecule has 0 atom stereocenters.